The maximum Gasteiger partial charge on any atom is 0.273 e. The minimum absolute atomic E-state index is 0.0630. The van der Waals surface area contributed by atoms with Gasteiger partial charge in [-0.05, 0) is 44.7 Å². The van der Waals surface area contributed by atoms with Crippen LogP contribution in [0.15, 0.2) is 24.4 Å². The molecule has 2 aromatic rings. The number of carbonyl (C=O) groups is 1. The molecular weight excluding hydrogens is 354 g/mol. The summed E-state index contributed by atoms with van der Waals surface area (Å²) in [5.41, 5.74) is 0.653. The first-order valence-electron chi connectivity index (χ1n) is 8.38. The molecule has 7 nitrogen and oxygen atoms in total. The van der Waals surface area contributed by atoms with Crippen molar-refractivity contribution in [2.75, 3.05) is 0 Å². The molecule has 26 heavy (non-hydrogen) atoms. The predicted octanol–water partition coefficient (Wildman–Crippen LogP) is 2.83. The van der Waals surface area contributed by atoms with Crippen molar-refractivity contribution in [3.63, 3.8) is 0 Å². The topological polar surface area (TPSA) is 101 Å². The van der Waals surface area contributed by atoms with Gasteiger partial charge in [0.2, 0.25) is 0 Å². The molecule has 1 saturated carbocycles. The number of halogens is 1. The molecule has 1 heterocycles. The monoisotopic (exact) mass is 371 g/mol. The number of nitriles is 1. The van der Waals surface area contributed by atoms with Gasteiger partial charge >= 0.3 is 0 Å². The van der Waals surface area contributed by atoms with Crippen molar-refractivity contribution in [2.24, 2.45) is 0 Å². The standard InChI is InChI=1S/C18H18ClN5O2/c1-11-21-10-17(24-23-11)18(25)22-13-3-6-14(7-4-13)26-15-5-2-12(9-20)16(19)8-15/h2,5,8,10,13-14H,3-4,6-7H2,1H3,(H,22,25). The number of nitrogens with zero attached hydrogens (tertiary/aromatic N) is 4. The van der Waals surface area contributed by atoms with Crippen LogP contribution in [-0.2, 0) is 0 Å². The normalized spacial score (nSPS) is 19.4. The van der Waals surface area contributed by atoms with Crippen LogP contribution >= 0.6 is 11.6 Å². The van der Waals surface area contributed by atoms with Gasteiger partial charge in [0.05, 0.1) is 22.9 Å². The quantitative estimate of drug-likeness (QED) is 0.886. The highest BCUT2D eigenvalue weighted by molar-refractivity contribution is 6.31. The Bertz CT molecular complexity index is 826. The van der Waals surface area contributed by atoms with E-state index in [0.29, 0.717) is 22.2 Å². The Morgan fingerprint density at radius 1 is 1.31 bits per heavy atom. The van der Waals surface area contributed by atoms with E-state index in [2.05, 4.69) is 20.5 Å². The number of aryl methyl sites for hydroxylation is 1. The molecule has 3 rings (SSSR count). The van der Waals surface area contributed by atoms with Crippen molar-refractivity contribution >= 4 is 17.5 Å². The molecule has 1 aromatic carbocycles. The highest BCUT2D eigenvalue weighted by atomic mass is 35.5. The minimum atomic E-state index is -0.256. The molecule has 1 N–H and O–H groups in total. The SMILES string of the molecule is Cc1ncc(C(=O)NC2CCC(Oc3ccc(C#N)c(Cl)c3)CC2)nn1. The van der Waals surface area contributed by atoms with Crippen LogP contribution in [0.5, 0.6) is 5.75 Å². The Kier molecular flexibility index (Phi) is 5.64. The summed E-state index contributed by atoms with van der Waals surface area (Å²) in [6.45, 7) is 1.72. The number of ether oxygens (including phenoxy) is 1. The molecule has 0 radical (unpaired) electrons. The van der Waals surface area contributed by atoms with E-state index < -0.39 is 0 Å². The van der Waals surface area contributed by atoms with E-state index in [4.69, 9.17) is 21.6 Å². The van der Waals surface area contributed by atoms with Gasteiger partial charge in [-0.1, -0.05) is 11.6 Å². The number of carbonyl (C=O) groups excluding carboxylic acids is 1. The third-order valence-electron chi connectivity index (χ3n) is 4.28. The van der Waals surface area contributed by atoms with Crippen LogP contribution in [0.3, 0.4) is 0 Å². The van der Waals surface area contributed by atoms with E-state index in [1.54, 1.807) is 25.1 Å². The summed E-state index contributed by atoms with van der Waals surface area (Å²) in [6, 6.07) is 7.17. The second-order valence-electron chi connectivity index (χ2n) is 6.21. The van der Waals surface area contributed by atoms with E-state index in [1.165, 1.54) is 6.20 Å². The molecular formula is C18H18ClN5O2. The molecule has 1 fully saturated rings. The van der Waals surface area contributed by atoms with Crippen LogP contribution in [0.2, 0.25) is 5.02 Å². The molecule has 1 amide bonds. The number of rotatable bonds is 4. The molecule has 0 atom stereocenters. The van der Waals surface area contributed by atoms with Crippen molar-refractivity contribution in [3.8, 4) is 11.8 Å². The zero-order chi connectivity index (χ0) is 18.5. The molecule has 0 saturated heterocycles. The van der Waals surface area contributed by atoms with E-state index in [9.17, 15) is 4.79 Å². The highest BCUT2D eigenvalue weighted by Crippen LogP contribution is 2.27. The number of hydrogen-bond donors (Lipinski definition) is 1. The molecule has 0 aliphatic heterocycles. The van der Waals surface area contributed by atoms with Gasteiger partial charge < -0.3 is 10.1 Å². The molecule has 134 valence electrons. The molecule has 1 aromatic heterocycles. The zero-order valence-electron chi connectivity index (χ0n) is 14.3. The van der Waals surface area contributed by atoms with E-state index in [1.807, 2.05) is 6.07 Å². The number of aromatic nitrogens is 3. The summed E-state index contributed by atoms with van der Waals surface area (Å²) in [4.78, 5) is 16.2. The highest BCUT2D eigenvalue weighted by Gasteiger charge is 2.24. The van der Waals surface area contributed by atoms with Crippen molar-refractivity contribution in [3.05, 3.63) is 46.5 Å². The van der Waals surface area contributed by atoms with Crippen LogP contribution in [0.25, 0.3) is 0 Å². The summed E-state index contributed by atoms with van der Waals surface area (Å²) in [6.07, 6.45) is 4.76. The maximum atomic E-state index is 12.2. The lowest BCUT2D eigenvalue weighted by Gasteiger charge is -2.29. The van der Waals surface area contributed by atoms with Gasteiger partial charge in [0.25, 0.3) is 5.91 Å². The molecule has 1 aliphatic rings. The Hall–Kier alpha value is -2.72. The summed E-state index contributed by atoms with van der Waals surface area (Å²) in [5, 5.41) is 19.9. The lowest BCUT2D eigenvalue weighted by atomic mass is 9.93. The molecule has 0 spiro atoms. The van der Waals surface area contributed by atoms with Crippen LogP contribution in [0.1, 0.15) is 47.6 Å². The van der Waals surface area contributed by atoms with Gasteiger partial charge in [-0.3, -0.25) is 4.79 Å². The largest absolute Gasteiger partial charge is 0.490 e. The lowest BCUT2D eigenvalue weighted by molar-refractivity contribution is 0.0887. The average molecular weight is 372 g/mol. The summed E-state index contributed by atoms with van der Waals surface area (Å²) in [5.74, 6) is 0.929. The molecule has 0 bridgehead atoms. The number of hydrogen-bond acceptors (Lipinski definition) is 6. The summed E-state index contributed by atoms with van der Waals surface area (Å²) < 4.78 is 5.95. The van der Waals surface area contributed by atoms with Crippen molar-refractivity contribution in [2.45, 2.75) is 44.8 Å². The van der Waals surface area contributed by atoms with Crippen LogP contribution in [0, 0.1) is 18.3 Å². The van der Waals surface area contributed by atoms with Crippen LogP contribution in [0.4, 0.5) is 0 Å². The van der Waals surface area contributed by atoms with Gasteiger partial charge in [0.1, 0.15) is 17.6 Å². The van der Waals surface area contributed by atoms with Gasteiger partial charge in [0.15, 0.2) is 5.69 Å². The van der Waals surface area contributed by atoms with E-state index in [0.717, 1.165) is 25.7 Å². The first-order chi connectivity index (χ1) is 12.5. The van der Waals surface area contributed by atoms with Crippen molar-refractivity contribution in [1.82, 2.24) is 20.5 Å². The van der Waals surface area contributed by atoms with Gasteiger partial charge in [-0.2, -0.15) is 5.26 Å². The first kappa shape index (κ1) is 18.1. The van der Waals surface area contributed by atoms with Gasteiger partial charge in [-0.15, -0.1) is 10.2 Å². The summed E-state index contributed by atoms with van der Waals surface area (Å²) in [7, 11) is 0. The predicted molar refractivity (Wildman–Crippen MR) is 94.9 cm³/mol. The molecule has 0 unspecified atom stereocenters. The Balaban J connectivity index is 1.49. The van der Waals surface area contributed by atoms with Gasteiger partial charge in [-0.25, -0.2) is 4.98 Å². The minimum Gasteiger partial charge on any atom is -0.490 e. The summed E-state index contributed by atoms with van der Waals surface area (Å²) >= 11 is 6.03. The van der Waals surface area contributed by atoms with Gasteiger partial charge in [0, 0.05) is 12.1 Å². The third kappa shape index (κ3) is 4.46. The fourth-order valence-corrected chi connectivity index (χ4v) is 3.09. The maximum absolute atomic E-state index is 12.2. The Labute approximate surface area is 156 Å². The van der Waals surface area contributed by atoms with Crippen LogP contribution < -0.4 is 10.1 Å². The van der Waals surface area contributed by atoms with E-state index in [-0.39, 0.29) is 23.7 Å². The average Bonchev–Trinajstić information content (AvgIpc) is 2.64. The van der Waals surface area contributed by atoms with Crippen molar-refractivity contribution in [1.29, 1.82) is 5.26 Å². The zero-order valence-corrected chi connectivity index (χ0v) is 15.0. The number of nitrogens with one attached hydrogen (secondary N) is 1. The molecule has 8 heteroatoms. The number of benzene rings is 1. The Morgan fingerprint density at radius 2 is 2.08 bits per heavy atom. The lowest BCUT2D eigenvalue weighted by Crippen LogP contribution is -2.40. The fourth-order valence-electron chi connectivity index (χ4n) is 2.87. The van der Waals surface area contributed by atoms with Crippen molar-refractivity contribution < 1.29 is 9.53 Å². The number of amides is 1. The smallest absolute Gasteiger partial charge is 0.273 e. The second kappa shape index (κ2) is 8.11. The van der Waals surface area contributed by atoms with E-state index >= 15 is 0 Å². The second-order valence-corrected chi connectivity index (χ2v) is 6.62. The third-order valence-corrected chi connectivity index (χ3v) is 4.59. The van der Waals surface area contributed by atoms with Crippen LogP contribution in [-0.4, -0.2) is 33.2 Å². The first-order valence-corrected chi connectivity index (χ1v) is 8.76. The fraction of sp³-hybridized carbons (Fsp3) is 0.389. The Morgan fingerprint density at radius 3 is 2.69 bits per heavy atom. The molecule has 1 aliphatic carbocycles.